The van der Waals surface area contributed by atoms with Crippen LogP contribution in [0.15, 0.2) is 24.3 Å². The van der Waals surface area contributed by atoms with Crippen molar-refractivity contribution in [3.8, 4) is 5.75 Å². The third-order valence-corrected chi connectivity index (χ3v) is 3.83. The molecule has 0 saturated carbocycles. The van der Waals surface area contributed by atoms with Crippen LogP contribution in [0.25, 0.3) is 0 Å². The fraction of sp³-hybridized carbons (Fsp3) is 0.429. The van der Waals surface area contributed by atoms with E-state index in [9.17, 15) is 14.0 Å². The van der Waals surface area contributed by atoms with Gasteiger partial charge in [0, 0.05) is 12.8 Å². The number of ether oxygens (including phenoxy) is 3. The quantitative estimate of drug-likeness (QED) is 0.594. The van der Waals surface area contributed by atoms with E-state index in [1.807, 2.05) is 0 Å². The molecule has 1 saturated heterocycles. The van der Waals surface area contributed by atoms with Crippen molar-refractivity contribution in [2.45, 2.75) is 30.6 Å². The van der Waals surface area contributed by atoms with E-state index in [0.717, 1.165) is 11.8 Å². The van der Waals surface area contributed by atoms with Crippen molar-refractivity contribution < 1.29 is 28.2 Å². The molecule has 21 heavy (non-hydrogen) atoms. The number of benzene rings is 1. The van der Waals surface area contributed by atoms with Gasteiger partial charge >= 0.3 is 11.9 Å². The minimum atomic E-state index is -0.966. The zero-order valence-corrected chi connectivity index (χ0v) is 12.2. The molecule has 0 N–H and O–H groups in total. The molecule has 1 fully saturated rings. The molecule has 0 amide bonds. The van der Waals surface area contributed by atoms with E-state index in [1.165, 1.54) is 24.3 Å². The third kappa shape index (κ3) is 4.63. The highest BCUT2D eigenvalue weighted by Crippen LogP contribution is 2.30. The molecule has 1 heterocycles. The predicted molar refractivity (Wildman–Crippen MR) is 74.2 cm³/mol. The smallest absolute Gasteiger partial charge is 0.358 e. The maximum atomic E-state index is 12.9. The number of halogens is 1. The normalized spacial score (nSPS) is 19.0. The highest BCUT2D eigenvalue weighted by Gasteiger charge is 2.32. The number of hydrogen-bond acceptors (Lipinski definition) is 6. The van der Waals surface area contributed by atoms with Crippen LogP contribution < -0.4 is 4.74 Å². The zero-order chi connectivity index (χ0) is 15.2. The Morgan fingerprint density at radius 2 is 2.19 bits per heavy atom. The van der Waals surface area contributed by atoms with Crippen molar-refractivity contribution in [1.82, 2.24) is 0 Å². The largest absolute Gasteiger partial charge is 0.468 e. The first kappa shape index (κ1) is 15.6. The Hall–Kier alpha value is -1.76. The van der Waals surface area contributed by atoms with Gasteiger partial charge in [-0.05, 0) is 31.2 Å². The third-order valence-electron chi connectivity index (χ3n) is 2.66. The van der Waals surface area contributed by atoms with Crippen molar-refractivity contribution in [3.63, 3.8) is 0 Å². The minimum Gasteiger partial charge on any atom is -0.468 e. The average molecular weight is 314 g/mol. The van der Waals surface area contributed by atoms with Gasteiger partial charge in [0.05, 0.1) is 6.61 Å². The highest BCUT2D eigenvalue weighted by molar-refractivity contribution is 8.00. The average Bonchev–Trinajstić information content (AvgIpc) is 2.86. The summed E-state index contributed by atoms with van der Waals surface area (Å²) in [5, 5.41) is 0. The molecule has 2 atom stereocenters. The molecular formula is C14H15FO5S. The molecule has 7 heteroatoms. The van der Waals surface area contributed by atoms with E-state index >= 15 is 0 Å². The lowest BCUT2D eigenvalue weighted by Crippen LogP contribution is -2.28. The summed E-state index contributed by atoms with van der Waals surface area (Å²) < 4.78 is 28.4. The van der Waals surface area contributed by atoms with Gasteiger partial charge in [-0.25, -0.2) is 9.18 Å². The van der Waals surface area contributed by atoms with Crippen LogP contribution in [0, 0.1) is 5.82 Å². The van der Waals surface area contributed by atoms with Crippen molar-refractivity contribution >= 4 is 23.7 Å². The molecular weight excluding hydrogens is 299 g/mol. The number of carbonyl (C=O) groups is 2. The SMILES string of the molecule is CCOC(=O)[C@@H](Oc1ccc(F)cc1)S[C@H]1CCC(=O)O1. The van der Waals surface area contributed by atoms with Gasteiger partial charge in [0.1, 0.15) is 11.6 Å². The molecule has 0 bridgehead atoms. The van der Waals surface area contributed by atoms with E-state index in [2.05, 4.69) is 0 Å². The second kappa shape index (κ2) is 7.31. The lowest BCUT2D eigenvalue weighted by molar-refractivity contribution is -0.147. The van der Waals surface area contributed by atoms with E-state index in [4.69, 9.17) is 14.2 Å². The second-order valence-electron chi connectivity index (χ2n) is 4.25. The summed E-state index contributed by atoms with van der Waals surface area (Å²) in [6, 6.07) is 5.31. The summed E-state index contributed by atoms with van der Waals surface area (Å²) >= 11 is 1.07. The van der Waals surface area contributed by atoms with Gasteiger partial charge in [0.15, 0.2) is 5.44 Å². The van der Waals surface area contributed by atoms with Crippen molar-refractivity contribution in [3.05, 3.63) is 30.1 Å². The van der Waals surface area contributed by atoms with Gasteiger partial charge in [-0.2, -0.15) is 0 Å². The van der Waals surface area contributed by atoms with Gasteiger partial charge in [0.2, 0.25) is 5.44 Å². The van der Waals surface area contributed by atoms with Gasteiger partial charge in [-0.3, -0.25) is 4.79 Å². The van der Waals surface area contributed by atoms with Crippen LogP contribution in [0.4, 0.5) is 4.39 Å². The number of thioether (sulfide) groups is 1. The maximum Gasteiger partial charge on any atom is 0.358 e. The van der Waals surface area contributed by atoms with Crippen molar-refractivity contribution in [1.29, 1.82) is 0 Å². The summed E-state index contributed by atoms with van der Waals surface area (Å²) in [6.07, 6.45) is 0.843. The van der Waals surface area contributed by atoms with Crippen LogP contribution in [-0.4, -0.2) is 29.4 Å². The van der Waals surface area contributed by atoms with Crippen LogP contribution in [0.5, 0.6) is 5.75 Å². The van der Waals surface area contributed by atoms with Crippen LogP contribution in [0.3, 0.4) is 0 Å². The highest BCUT2D eigenvalue weighted by atomic mass is 32.2. The van der Waals surface area contributed by atoms with Crippen LogP contribution in [-0.2, 0) is 19.1 Å². The number of cyclic esters (lactones) is 1. The zero-order valence-electron chi connectivity index (χ0n) is 11.4. The second-order valence-corrected chi connectivity index (χ2v) is 5.48. The number of esters is 2. The fourth-order valence-corrected chi connectivity index (χ4v) is 2.75. The summed E-state index contributed by atoms with van der Waals surface area (Å²) in [6.45, 7) is 1.90. The molecule has 0 unspecified atom stereocenters. The minimum absolute atomic E-state index is 0.215. The molecule has 1 aromatic rings. The molecule has 0 spiro atoms. The topological polar surface area (TPSA) is 61.8 Å². The molecule has 2 rings (SSSR count). The Morgan fingerprint density at radius 3 is 2.76 bits per heavy atom. The van der Waals surface area contributed by atoms with Crippen molar-refractivity contribution in [2.75, 3.05) is 6.61 Å². The van der Waals surface area contributed by atoms with Gasteiger partial charge in [0.25, 0.3) is 0 Å². The van der Waals surface area contributed by atoms with E-state index in [-0.39, 0.29) is 12.6 Å². The molecule has 0 aromatic heterocycles. The summed E-state index contributed by atoms with van der Waals surface area (Å²) in [5.41, 5.74) is -1.40. The molecule has 5 nitrogen and oxygen atoms in total. The molecule has 1 aromatic carbocycles. The maximum absolute atomic E-state index is 12.9. The first-order valence-electron chi connectivity index (χ1n) is 6.52. The van der Waals surface area contributed by atoms with Gasteiger partial charge in [-0.15, -0.1) is 0 Å². The lowest BCUT2D eigenvalue weighted by atomic mass is 10.3. The predicted octanol–water partition coefficient (Wildman–Crippen LogP) is 2.49. The Labute approximate surface area is 125 Å². The Balaban J connectivity index is 2.02. The lowest BCUT2D eigenvalue weighted by Gasteiger charge is -2.19. The Morgan fingerprint density at radius 1 is 1.48 bits per heavy atom. The first-order chi connectivity index (χ1) is 10.1. The summed E-state index contributed by atoms with van der Waals surface area (Å²) in [4.78, 5) is 23.0. The van der Waals surface area contributed by atoms with Crippen LogP contribution in [0.1, 0.15) is 19.8 Å². The van der Waals surface area contributed by atoms with Crippen LogP contribution in [0.2, 0.25) is 0 Å². The molecule has 0 radical (unpaired) electrons. The Bertz CT molecular complexity index is 505. The summed E-state index contributed by atoms with van der Waals surface area (Å²) in [7, 11) is 0. The van der Waals surface area contributed by atoms with E-state index < -0.39 is 22.7 Å². The van der Waals surface area contributed by atoms with Crippen molar-refractivity contribution in [2.24, 2.45) is 0 Å². The monoisotopic (exact) mass is 314 g/mol. The molecule has 114 valence electrons. The standard InChI is InChI=1S/C14H15FO5S/c1-2-18-13(17)14(21-12-8-7-11(16)20-12)19-10-5-3-9(15)4-6-10/h3-6,12,14H,2,7-8H2,1H3/t12-,14-/m0/s1. The van der Waals surface area contributed by atoms with Gasteiger partial charge < -0.3 is 14.2 Å². The number of hydrogen-bond donors (Lipinski definition) is 0. The van der Waals surface area contributed by atoms with E-state index in [1.54, 1.807) is 6.92 Å². The summed E-state index contributed by atoms with van der Waals surface area (Å²) in [5.74, 6) is -0.912. The first-order valence-corrected chi connectivity index (χ1v) is 7.46. The number of carbonyl (C=O) groups excluding carboxylic acids is 2. The Kier molecular flexibility index (Phi) is 5.44. The fourth-order valence-electron chi connectivity index (χ4n) is 1.71. The molecule has 1 aliphatic rings. The molecule has 0 aliphatic carbocycles. The molecule has 1 aliphatic heterocycles. The van der Waals surface area contributed by atoms with Crippen LogP contribution >= 0.6 is 11.8 Å². The van der Waals surface area contributed by atoms with Gasteiger partial charge in [-0.1, -0.05) is 11.8 Å². The number of rotatable bonds is 6. The van der Waals surface area contributed by atoms with E-state index in [0.29, 0.717) is 18.6 Å².